The molecule has 0 aromatic heterocycles. The van der Waals surface area contributed by atoms with Crippen LogP contribution in [-0.4, -0.2) is 32.0 Å². The largest absolute Gasteiger partial charge is 0.355 e. The molecule has 2 rings (SSSR count). The van der Waals surface area contributed by atoms with Crippen molar-refractivity contribution in [1.82, 2.24) is 16.0 Å². The number of amides is 1. The van der Waals surface area contributed by atoms with Gasteiger partial charge in [-0.05, 0) is 31.2 Å². The molecule has 1 aromatic rings. The Kier molecular flexibility index (Phi) is 11.3. The normalized spacial score (nSPS) is 15.1. The number of nitrogens with zero attached hydrogens (tertiary/aromatic N) is 1. The van der Waals surface area contributed by atoms with Crippen LogP contribution in [-0.2, 0) is 11.3 Å². The molecule has 146 valence electrons. The number of hydrogen-bond acceptors (Lipinski definition) is 2. The quantitative estimate of drug-likeness (QED) is 0.247. The number of carbonyl (C=O) groups is 1. The monoisotopic (exact) mass is 472 g/mol. The second kappa shape index (κ2) is 12.9. The van der Waals surface area contributed by atoms with Crippen LogP contribution in [0.5, 0.6) is 0 Å². The highest BCUT2D eigenvalue weighted by Gasteiger charge is 2.16. The second-order valence-corrected chi connectivity index (χ2v) is 6.90. The van der Waals surface area contributed by atoms with Crippen molar-refractivity contribution in [3.05, 3.63) is 35.4 Å². The Hall–Kier alpha value is -1.31. The first-order valence-electron chi connectivity index (χ1n) is 9.44. The van der Waals surface area contributed by atoms with Crippen molar-refractivity contribution in [1.29, 1.82) is 0 Å². The maximum absolute atomic E-state index is 12.0. The molecule has 26 heavy (non-hydrogen) atoms. The summed E-state index contributed by atoms with van der Waals surface area (Å²) in [5.41, 5.74) is 2.48. The zero-order valence-electron chi connectivity index (χ0n) is 16.0. The second-order valence-electron chi connectivity index (χ2n) is 6.90. The van der Waals surface area contributed by atoms with Crippen LogP contribution in [0.3, 0.4) is 0 Å². The van der Waals surface area contributed by atoms with Crippen LogP contribution in [0.1, 0.15) is 49.7 Å². The number of guanidine groups is 1. The molecule has 0 aliphatic heterocycles. The summed E-state index contributed by atoms with van der Waals surface area (Å²) in [5, 5.41) is 9.52. The van der Waals surface area contributed by atoms with E-state index >= 15 is 0 Å². The fourth-order valence-corrected chi connectivity index (χ4v) is 3.22. The van der Waals surface area contributed by atoms with Gasteiger partial charge >= 0.3 is 0 Å². The summed E-state index contributed by atoms with van der Waals surface area (Å²) in [4.78, 5) is 16.2. The number of aliphatic imine (C=N–C) groups is 1. The van der Waals surface area contributed by atoms with E-state index in [0.29, 0.717) is 25.4 Å². The third-order valence-electron chi connectivity index (χ3n) is 4.74. The molecular formula is C20H33IN4O. The van der Waals surface area contributed by atoms with Gasteiger partial charge in [-0.1, -0.05) is 49.1 Å². The summed E-state index contributed by atoms with van der Waals surface area (Å²) < 4.78 is 0. The first-order chi connectivity index (χ1) is 12.2. The molecule has 0 atom stereocenters. The predicted octanol–water partition coefficient (Wildman–Crippen LogP) is 3.36. The van der Waals surface area contributed by atoms with Crippen LogP contribution in [0, 0.1) is 12.8 Å². The van der Waals surface area contributed by atoms with Gasteiger partial charge in [0.2, 0.25) is 5.91 Å². The van der Waals surface area contributed by atoms with E-state index in [2.05, 4.69) is 52.1 Å². The lowest BCUT2D eigenvalue weighted by Crippen LogP contribution is -2.41. The summed E-state index contributed by atoms with van der Waals surface area (Å²) in [6.45, 7) is 4.11. The molecule has 3 N–H and O–H groups in total. The highest BCUT2D eigenvalue weighted by atomic mass is 127. The molecule has 0 saturated heterocycles. The summed E-state index contributed by atoms with van der Waals surface area (Å²) in [5.74, 6) is 1.52. The number of carbonyl (C=O) groups excluding carboxylic acids is 1. The van der Waals surface area contributed by atoms with Gasteiger partial charge in [0.1, 0.15) is 0 Å². The van der Waals surface area contributed by atoms with Crippen molar-refractivity contribution in [2.45, 2.75) is 52.0 Å². The van der Waals surface area contributed by atoms with Crippen molar-refractivity contribution in [3.63, 3.8) is 0 Å². The van der Waals surface area contributed by atoms with E-state index in [1.165, 1.54) is 43.2 Å². The van der Waals surface area contributed by atoms with E-state index in [0.717, 1.165) is 12.5 Å². The molecule has 1 saturated carbocycles. The third kappa shape index (κ3) is 8.87. The summed E-state index contributed by atoms with van der Waals surface area (Å²) in [6.07, 6.45) is 6.99. The van der Waals surface area contributed by atoms with Gasteiger partial charge in [0.15, 0.2) is 5.96 Å². The summed E-state index contributed by atoms with van der Waals surface area (Å²) in [6, 6.07) is 8.44. The molecule has 6 heteroatoms. The fourth-order valence-electron chi connectivity index (χ4n) is 3.22. The van der Waals surface area contributed by atoms with E-state index in [-0.39, 0.29) is 29.9 Å². The number of rotatable bonds is 7. The van der Waals surface area contributed by atoms with Crippen LogP contribution in [0.4, 0.5) is 0 Å². The van der Waals surface area contributed by atoms with Gasteiger partial charge in [0, 0.05) is 33.1 Å². The first-order valence-corrected chi connectivity index (χ1v) is 9.44. The lowest BCUT2D eigenvalue weighted by molar-refractivity contribution is -0.122. The number of hydrogen-bond donors (Lipinski definition) is 3. The zero-order valence-corrected chi connectivity index (χ0v) is 18.3. The SMILES string of the molecule is CN=C(NCCNC(=O)CC1CCCCC1)NCc1ccc(C)cc1.I. The van der Waals surface area contributed by atoms with Crippen LogP contribution in [0.15, 0.2) is 29.3 Å². The van der Waals surface area contributed by atoms with E-state index in [1.807, 2.05) is 0 Å². The van der Waals surface area contributed by atoms with Crippen molar-refractivity contribution in [3.8, 4) is 0 Å². The Balaban J connectivity index is 0.00000338. The molecule has 1 aromatic carbocycles. The molecule has 0 unspecified atom stereocenters. The van der Waals surface area contributed by atoms with Crippen molar-refractivity contribution >= 4 is 35.8 Å². The fraction of sp³-hybridized carbons (Fsp3) is 0.600. The highest BCUT2D eigenvalue weighted by Crippen LogP contribution is 2.25. The lowest BCUT2D eigenvalue weighted by atomic mass is 9.87. The average molecular weight is 472 g/mol. The number of halogens is 1. The maximum atomic E-state index is 12.0. The Morgan fingerprint density at radius 2 is 1.69 bits per heavy atom. The molecule has 5 nitrogen and oxygen atoms in total. The lowest BCUT2D eigenvalue weighted by Gasteiger charge is -2.20. The van der Waals surface area contributed by atoms with Crippen LogP contribution in [0.2, 0.25) is 0 Å². The standard InChI is InChI=1S/C20H32N4O.HI/c1-16-8-10-18(11-9-16)15-24-20(21-2)23-13-12-22-19(25)14-17-6-4-3-5-7-17;/h8-11,17H,3-7,12-15H2,1-2H3,(H,22,25)(H2,21,23,24);1H. The Morgan fingerprint density at radius 1 is 1.04 bits per heavy atom. The molecule has 1 fully saturated rings. The average Bonchev–Trinajstić information content (AvgIpc) is 2.63. The Bertz CT molecular complexity index is 553. The third-order valence-corrected chi connectivity index (χ3v) is 4.74. The van der Waals surface area contributed by atoms with Gasteiger partial charge in [-0.3, -0.25) is 9.79 Å². The molecule has 1 aliphatic carbocycles. The minimum atomic E-state index is 0. The van der Waals surface area contributed by atoms with E-state index < -0.39 is 0 Å². The van der Waals surface area contributed by atoms with Gasteiger partial charge in [0.25, 0.3) is 0 Å². The van der Waals surface area contributed by atoms with Gasteiger partial charge in [-0.2, -0.15) is 0 Å². The topological polar surface area (TPSA) is 65.5 Å². The molecule has 1 amide bonds. The Labute approximate surface area is 174 Å². The van der Waals surface area contributed by atoms with E-state index in [9.17, 15) is 4.79 Å². The minimum Gasteiger partial charge on any atom is -0.355 e. The minimum absolute atomic E-state index is 0. The van der Waals surface area contributed by atoms with E-state index in [4.69, 9.17) is 0 Å². The molecule has 0 bridgehead atoms. The summed E-state index contributed by atoms with van der Waals surface area (Å²) in [7, 11) is 1.76. The summed E-state index contributed by atoms with van der Waals surface area (Å²) >= 11 is 0. The number of aryl methyl sites for hydroxylation is 1. The predicted molar refractivity (Wildman–Crippen MR) is 119 cm³/mol. The van der Waals surface area contributed by atoms with Crippen molar-refractivity contribution < 1.29 is 4.79 Å². The maximum Gasteiger partial charge on any atom is 0.220 e. The smallest absolute Gasteiger partial charge is 0.220 e. The van der Waals surface area contributed by atoms with Crippen LogP contribution < -0.4 is 16.0 Å². The molecule has 0 radical (unpaired) electrons. The molecule has 0 heterocycles. The number of nitrogens with one attached hydrogen (secondary N) is 3. The van der Waals surface area contributed by atoms with Gasteiger partial charge in [-0.25, -0.2) is 0 Å². The van der Waals surface area contributed by atoms with Crippen LogP contribution >= 0.6 is 24.0 Å². The van der Waals surface area contributed by atoms with Crippen molar-refractivity contribution in [2.75, 3.05) is 20.1 Å². The zero-order chi connectivity index (χ0) is 17.9. The van der Waals surface area contributed by atoms with Crippen molar-refractivity contribution in [2.24, 2.45) is 10.9 Å². The van der Waals surface area contributed by atoms with Gasteiger partial charge < -0.3 is 16.0 Å². The van der Waals surface area contributed by atoms with Gasteiger partial charge in [-0.15, -0.1) is 24.0 Å². The highest BCUT2D eigenvalue weighted by molar-refractivity contribution is 14.0. The van der Waals surface area contributed by atoms with Crippen LogP contribution in [0.25, 0.3) is 0 Å². The molecule has 1 aliphatic rings. The van der Waals surface area contributed by atoms with E-state index in [1.54, 1.807) is 7.05 Å². The molecular weight excluding hydrogens is 439 g/mol. The number of benzene rings is 1. The van der Waals surface area contributed by atoms with Gasteiger partial charge in [0.05, 0.1) is 0 Å². The molecule has 0 spiro atoms. The first kappa shape index (κ1) is 22.7. The Morgan fingerprint density at radius 3 is 2.35 bits per heavy atom.